The smallest absolute Gasteiger partial charge is 0.335 e. The molecule has 0 atom stereocenters. The first-order valence-corrected chi connectivity index (χ1v) is 7.96. The second-order valence-corrected chi connectivity index (χ2v) is 6.28. The van der Waals surface area contributed by atoms with Gasteiger partial charge in [0.05, 0.1) is 16.1 Å². The fraction of sp³-hybridized carbons (Fsp3) is 0.263. The number of nitro benzene ring substituents is 1. The number of nitro groups is 1. The Kier molecular flexibility index (Phi) is 5.40. The summed E-state index contributed by atoms with van der Waals surface area (Å²) in [7, 11) is 1.61. The van der Waals surface area contributed by atoms with E-state index in [4.69, 9.17) is 5.11 Å². The van der Waals surface area contributed by atoms with Gasteiger partial charge in [0.1, 0.15) is 0 Å². The van der Waals surface area contributed by atoms with E-state index in [2.05, 4.69) is 0 Å². The first-order valence-electron chi connectivity index (χ1n) is 7.96. The third-order valence-corrected chi connectivity index (χ3v) is 4.29. The van der Waals surface area contributed by atoms with Gasteiger partial charge in [-0.15, -0.1) is 0 Å². The molecule has 0 saturated heterocycles. The van der Waals surface area contributed by atoms with E-state index in [9.17, 15) is 19.7 Å². The van der Waals surface area contributed by atoms with Gasteiger partial charge in [-0.25, -0.2) is 4.79 Å². The van der Waals surface area contributed by atoms with Crippen molar-refractivity contribution in [2.45, 2.75) is 27.3 Å². The molecule has 0 unspecified atom stereocenters. The first-order chi connectivity index (χ1) is 12.1. The lowest BCUT2D eigenvalue weighted by Crippen LogP contribution is -2.28. The fourth-order valence-corrected chi connectivity index (χ4v) is 3.07. The lowest BCUT2D eigenvalue weighted by Gasteiger charge is -2.20. The third kappa shape index (κ3) is 3.72. The number of benzene rings is 2. The molecule has 0 aliphatic heterocycles. The van der Waals surface area contributed by atoms with Crippen molar-refractivity contribution >= 4 is 17.6 Å². The number of carbonyl (C=O) groups excluding carboxylic acids is 1. The molecule has 2 aromatic rings. The number of rotatable bonds is 5. The number of aryl methyl sites for hydroxylation is 2. The minimum Gasteiger partial charge on any atom is -0.478 e. The van der Waals surface area contributed by atoms with Crippen molar-refractivity contribution in [2.24, 2.45) is 0 Å². The molecule has 0 fully saturated rings. The SMILES string of the molecule is Cc1cc(C)c([N+](=O)[O-])c(C)c1C(=O)N(C)Cc1ccc(C(=O)O)cc1. The number of carboxylic acid groups (broad SMARTS) is 1. The van der Waals surface area contributed by atoms with E-state index in [1.54, 1.807) is 46.0 Å². The second-order valence-electron chi connectivity index (χ2n) is 6.28. The molecule has 0 heterocycles. The highest BCUT2D eigenvalue weighted by Gasteiger charge is 2.25. The second kappa shape index (κ2) is 7.35. The zero-order chi connectivity index (χ0) is 19.6. The normalized spacial score (nSPS) is 10.5. The van der Waals surface area contributed by atoms with Crippen molar-refractivity contribution in [1.29, 1.82) is 0 Å². The molecule has 0 saturated carbocycles. The van der Waals surface area contributed by atoms with Crippen LogP contribution in [0.1, 0.15) is 43.0 Å². The minimum atomic E-state index is -1.01. The zero-order valence-electron chi connectivity index (χ0n) is 15.1. The molecule has 0 aliphatic carbocycles. The van der Waals surface area contributed by atoms with Crippen LogP contribution in [0.15, 0.2) is 30.3 Å². The highest BCUT2D eigenvalue weighted by atomic mass is 16.6. The summed E-state index contributed by atoms with van der Waals surface area (Å²) in [5, 5.41) is 20.2. The molecular formula is C19H20N2O5. The van der Waals surface area contributed by atoms with Crippen LogP contribution in [-0.2, 0) is 6.54 Å². The summed E-state index contributed by atoms with van der Waals surface area (Å²) in [6.07, 6.45) is 0. The van der Waals surface area contributed by atoms with Crippen LogP contribution < -0.4 is 0 Å². The standard InChI is InChI=1S/C19H20N2O5/c1-11-9-12(2)17(21(25)26)13(3)16(11)18(22)20(4)10-14-5-7-15(8-6-14)19(23)24/h5-9H,10H2,1-4H3,(H,23,24). The quantitative estimate of drug-likeness (QED) is 0.653. The van der Waals surface area contributed by atoms with Gasteiger partial charge in [0.15, 0.2) is 0 Å². The number of hydrogen-bond donors (Lipinski definition) is 1. The van der Waals surface area contributed by atoms with Crippen molar-refractivity contribution in [3.05, 3.63) is 73.8 Å². The maximum atomic E-state index is 12.9. The van der Waals surface area contributed by atoms with Gasteiger partial charge in [-0.1, -0.05) is 12.1 Å². The minimum absolute atomic E-state index is 0.0434. The molecule has 1 amide bonds. The molecule has 0 bridgehead atoms. The van der Waals surface area contributed by atoms with E-state index in [-0.39, 0.29) is 23.7 Å². The highest BCUT2D eigenvalue weighted by Crippen LogP contribution is 2.29. The van der Waals surface area contributed by atoms with E-state index in [0.29, 0.717) is 22.3 Å². The Labute approximate surface area is 151 Å². The van der Waals surface area contributed by atoms with E-state index in [0.717, 1.165) is 5.56 Å². The lowest BCUT2D eigenvalue weighted by atomic mass is 9.96. The Morgan fingerprint density at radius 1 is 1.12 bits per heavy atom. The van der Waals surface area contributed by atoms with Gasteiger partial charge in [-0.05, 0) is 50.1 Å². The largest absolute Gasteiger partial charge is 0.478 e. The molecule has 7 heteroatoms. The van der Waals surface area contributed by atoms with Crippen LogP contribution in [-0.4, -0.2) is 33.9 Å². The zero-order valence-corrected chi connectivity index (χ0v) is 15.1. The molecule has 2 aromatic carbocycles. The summed E-state index contributed by atoms with van der Waals surface area (Å²) in [6, 6.07) is 7.88. The van der Waals surface area contributed by atoms with Gasteiger partial charge in [0.25, 0.3) is 11.6 Å². The number of carboxylic acids is 1. The van der Waals surface area contributed by atoms with Crippen molar-refractivity contribution < 1.29 is 19.6 Å². The van der Waals surface area contributed by atoms with Crippen molar-refractivity contribution in [3.8, 4) is 0 Å². The Morgan fingerprint density at radius 2 is 1.69 bits per heavy atom. The van der Waals surface area contributed by atoms with Gasteiger partial charge in [-0.3, -0.25) is 14.9 Å². The van der Waals surface area contributed by atoms with Crippen LogP contribution in [0.3, 0.4) is 0 Å². The van der Waals surface area contributed by atoms with Gasteiger partial charge in [0, 0.05) is 24.7 Å². The maximum absolute atomic E-state index is 12.9. The van der Waals surface area contributed by atoms with Crippen LogP contribution in [0.2, 0.25) is 0 Å². The predicted molar refractivity (Wildman–Crippen MR) is 96.5 cm³/mol. The molecule has 136 valence electrons. The Balaban J connectivity index is 2.32. The molecular weight excluding hydrogens is 336 g/mol. The van der Waals surface area contributed by atoms with E-state index >= 15 is 0 Å². The van der Waals surface area contributed by atoms with Crippen molar-refractivity contribution in [2.75, 3.05) is 7.05 Å². The summed E-state index contributed by atoms with van der Waals surface area (Å²) >= 11 is 0. The number of hydrogen-bond acceptors (Lipinski definition) is 4. The van der Waals surface area contributed by atoms with Gasteiger partial charge in [-0.2, -0.15) is 0 Å². The van der Waals surface area contributed by atoms with Crippen molar-refractivity contribution in [1.82, 2.24) is 4.90 Å². The van der Waals surface area contributed by atoms with Crippen LogP contribution in [0.4, 0.5) is 5.69 Å². The van der Waals surface area contributed by atoms with E-state index < -0.39 is 10.9 Å². The number of aromatic carboxylic acids is 1. The van der Waals surface area contributed by atoms with Crippen LogP contribution in [0.25, 0.3) is 0 Å². The molecule has 1 N–H and O–H groups in total. The number of nitrogens with zero attached hydrogens (tertiary/aromatic N) is 2. The molecule has 0 spiro atoms. The maximum Gasteiger partial charge on any atom is 0.335 e. The van der Waals surface area contributed by atoms with Gasteiger partial charge in [0.2, 0.25) is 0 Å². The summed E-state index contributed by atoms with van der Waals surface area (Å²) < 4.78 is 0. The summed E-state index contributed by atoms with van der Waals surface area (Å²) in [6.45, 7) is 5.26. The van der Waals surface area contributed by atoms with E-state index in [1.807, 2.05) is 0 Å². The predicted octanol–water partition coefficient (Wildman–Crippen LogP) is 3.49. The monoisotopic (exact) mass is 356 g/mol. The fourth-order valence-electron chi connectivity index (χ4n) is 3.07. The average Bonchev–Trinajstić information content (AvgIpc) is 2.54. The molecule has 7 nitrogen and oxygen atoms in total. The summed E-state index contributed by atoms with van der Waals surface area (Å²) in [4.78, 5) is 36.1. The molecule has 0 radical (unpaired) electrons. The Morgan fingerprint density at radius 3 is 2.19 bits per heavy atom. The van der Waals surface area contributed by atoms with E-state index in [1.165, 1.54) is 17.0 Å². The molecule has 26 heavy (non-hydrogen) atoms. The van der Waals surface area contributed by atoms with Crippen LogP contribution >= 0.6 is 0 Å². The Hall–Kier alpha value is -3.22. The average molecular weight is 356 g/mol. The van der Waals surface area contributed by atoms with Crippen LogP contribution in [0, 0.1) is 30.9 Å². The number of carbonyl (C=O) groups is 2. The van der Waals surface area contributed by atoms with Crippen molar-refractivity contribution in [3.63, 3.8) is 0 Å². The summed E-state index contributed by atoms with van der Waals surface area (Å²) in [5.74, 6) is -1.33. The number of amides is 1. The van der Waals surface area contributed by atoms with Gasteiger partial charge < -0.3 is 10.0 Å². The molecule has 0 aromatic heterocycles. The molecule has 0 aliphatic rings. The van der Waals surface area contributed by atoms with Crippen LogP contribution in [0.5, 0.6) is 0 Å². The Bertz CT molecular complexity index is 888. The topological polar surface area (TPSA) is 101 Å². The highest BCUT2D eigenvalue weighted by molar-refractivity contribution is 5.98. The first kappa shape index (κ1) is 19.1. The summed E-state index contributed by atoms with van der Waals surface area (Å²) in [5.41, 5.74) is 2.78. The third-order valence-electron chi connectivity index (χ3n) is 4.29. The van der Waals surface area contributed by atoms with Gasteiger partial charge >= 0.3 is 5.97 Å². The lowest BCUT2D eigenvalue weighted by molar-refractivity contribution is -0.386. The molecule has 2 rings (SSSR count).